The Morgan fingerprint density at radius 3 is 2.56 bits per heavy atom. The van der Waals surface area contributed by atoms with Crippen molar-refractivity contribution in [2.75, 3.05) is 11.5 Å². The average Bonchev–Trinajstić information content (AvgIpc) is 3.22. The summed E-state index contributed by atoms with van der Waals surface area (Å²) in [5, 5.41) is 1.33. The van der Waals surface area contributed by atoms with Crippen LogP contribution in [-0.2, 0) is 6.54 Å². The highest BCUT2D eigenvalue weighted by atomic mass is 35.5. The maximum Gasteiger partial charge on any atom is 0.260 e. The number of aromatic nitrogens is 1. The third-order valence-corrected chi connectivity index (χ3v) is 6.41. The Labute approximate surface area is 197 Å². The van der Waals surface area contributed by atoms with Crippen LogP contribution in [0, 0.1) is 6.92 Å². The highest BCUT2D eigenvalue weighted by Crippen LogP contribution is 2.34. The SMILES string of the molecule is CCCCOc1ccc(C(=O)N(Cc2ccccc2)c2nc3c(C)cc(Cl)cc3s2)cc1. The van der Waals surface area contributed by atoms with Gasteiger partial charge in [0.2, 0.25) is 0 Å². The predicted octanol–water partition coefficient (Wildman–Crippen LogP) is 7.28. The Kier molecular flexibility index (Phi) is 7.08. The summed E-state index contributed by atoms with van der Waals surface area (Å²) in [7, 11) is 0. The van der Waals surface area contributed by atoms with Crippen molar-refractivity contribution >= 4 is 44.2 Å². The van der Waals surface area contributed by atoms with E-state index in [1.54, 1.807) is 4.90 Å². The highest BCUT2D eigenvalue weighted by Gasteiger charge is 2.22. The van der Waals surface area contributed by atoms with E-state index in [4.69, 9.17) is 21.3 Å². The molecule has 1 amide bonds. The third-order valence-electron chi connectivity index (χ3n) is 5.17. The second-order valence-corrected chi connectivity index (χ2v) is 9.11. The normalized spacial score (nSPS) is 11.0. The summed E-state index contributed by atoms with van der Waals surface area (Å²) in [5.74, 6) is 0.673. The number of aryl methyl sites for hydroxylation is 1. The summed E-state index contributed by atoms with van der Waals surface area (Å²) in [4.78, 5) is 20.1. The van der Waals surface area contributed by atoms with Gasteiger partial charge in [0.05, 0.1) is 23.4 Å². The first-order chi connectivity index (χ1) is 15.5. The van der Waals surface area contributed by atoms with Gasteiger partial charge < -0.3 is 4.74 Å². The smallest absolute Gasteiger partial charge is 0.260 e. The van der Waals surface area contributed by atoms with Gasteiger partial charge in [-0.25, -0.2) is 4.98 Å². The van der Waals surface area contributed by atoms with Crippen molar-refractivity contribution in [3.8, 4) is 5.75 Å². The van der Waals surface area contributed by atoms with Gasteiger partial charge in [-0.3, -0.25) is 9.69 Å². The fraction of sp³-hybridized carbons (Fsp3) is 0.231. The summed E-state index contributed by atoms with van der Waals surface area (Å²) in [6.07, 6.45) is 2.09. The number of halogens is 1. The lowest BCUT2D eigenvalue weighted by molar-refractivity contribution is 0.0985. The van der Waals surface area contributed by atoms with Gasteiger partial charge in [-0.15, -0.1) is 0 Å². The van der Waals surface area contributed by atoms with Crippen molar-refractivity contribution < 1.29 is 9.53 Å². The van der Waals surface area contributed by atoms with Crippen LogP contribution in [0.15, 0.2) is 66.7 Å². The van der Waals surface area contributed by atoms with Crippen LogP contribution < -0.4 is 9.64 Å². The fourth-order valence-corrected chi connectivity index (χ4v) is 4.85. The van der Waals surface area contributed by atoms with E-state index < -0.39 is 0 Å². The van der Waals surface area contributed by atoms with Crippen molar-refractivity contribution in [2.45, 2.75) is 33.2 Å². The molecule has 32 heavy (non-hydrogen) atoms. The third kappa shape index (κ3) is 5.12. The highest BCUT2D eigenvalue weighted by molar-refractivity contribution is 7.22. The van der Waals surface area contributed by atoms with Gasteiger partial charge in [-0.1, -0.05) is 66.6 Å². The molecule has 4 aromatic rings. The van der Waals surface area contributed by atoms with Crippen LogP contribution in [0.3, 0.4) is 0 Å². The Morgan fingerprint density at radius 1 is 1.09 bits per heavy atom. The number of ether oxygens (including phenoxy) is 1. The molecule has 0 radical (unpaired) electrons. The molecule has 0 aliphatic carbocycles. The van der Waals surface area contributed by atoms with Crippen LogP contribution >= 0.6 is 22.9 Å². The molecular weight excluding hydrogens is 440 g/mol. The van der Waals surface area contributed by atoms with Gasteiger partial charge in [0.1, 0.15) is 5.75 Å². The summed E-state index contributed by atoms with van der Waals surface area (Å²) in [6.45, 7) is 5.22. The number of thiazole rings is 1. The van der Waals surface area contributed by atoms with E-state index in [-0.39, 0.29) is 5.91 Å². The summed E-state index contributed by atoms with van der Waals surface area (Å²) < 4.78 is 6.71. The molecule has 0 saturated carbocycles. The first-order valence-electron chi connectivity index (χ1n) is 10.7. The zero-order valence-corrected chi connectivity index (χ0v) is 19.7. The molecule has 1 aromatic heterocycles. The molecule has 6 heteroatoms. The first-order valence-corrected chi connectivity index (χ1v) is 11.9. The van der Waals surface area contributed by atoms with E-state index in [1.165, 1.54) is 11.3 Å². The lowest BCUT2D eigenvalue weighted by Gasteiger charge is -2.20. The Hall–Kier alpha value is -2.89. The van der Waals surface area contributed by atoms with E-state index in [9.17, 15) is 4.79 Å². The van der Waals surface area contributed by atoms with E-state index in [1.807, 2.05) is 73.7 Å². The molecule has 0 atom stereocenters. The van der Waals surface area contributed by atoms with Crippen molar-refractivity contribution in [3.05, 3.63) is 88.4 Å². The topological polar surface area (TPSA) is 42.4 Å². The number of amides is 1. The molecule has 0 bridgehead atoms. The molecule has 0 fully saturated rings. The Bertz CT molecular complexity index is 1210. The van der Waals surface area contributed by atoms with Gasteiger partial charge in [0, 0.05) is 10.6 Å². The molecule has 4 nitrogen and oxygen atoms in total. The van der Waals surface area contributed by atoms with Crippen LogP contribution in [0.4, 0.5) is 5.13 Å². The number of hydrogen-bond acceptors (Lipinski definition) is 4. The number of carbonyl (C=O) groups is 1. The number of hydrogen-bond donors (Lipinski definition) is 0. The zero-order valence-electron chi connectivity index (χ0n) is 18.2. The van der Waals surface area contributed by atoms with Crippen LogP contribution in [0.2, 0.25) is 5.02 Å². The standard InChI is InChI=1S/C26H25ClN2O2S/c1-3-4-14-31-22-12-10-20(11-13-22)25(30)29(17-19-8-6-5-7-9-19)26-28-24-18(2)15-21(27)16-23(24)32-26/h5-13,15-16H,3-4,14,17H2,1-2H3. The minimum atomic E-state index is -0.100. The van der Waals surface area contributed by atoms with Gasteiger partial charge in [-0.2, -0.15) is 0 Å². The summed E-state index contributed by atoms with van der Waals surface area (Å²) >= 11 is 7.73. The van der Waals surface area contributed by atoms with Crippen LogP contribution in [0.25, 0.3) is 10.2 Å². The number of rotatable bonds is 8. The van der Waals surface area contributed by atoms with Crippen LogP contribution in [0.5, 0.6) is 5.75 Å². The van der Waals surface area contributed by atoms with Crippen LogP contribution in [-0.4, -0.2) is 17.5 Å². The van der Waals surface area contributed by atoms with Gasteiger partial charge in [0.15, 0.2) is 5.13 Å². The number of nitrogens with zero attached hydrogens (tertiary/aromatic N) is 2. The summed E-state index contributed by atoms with van der Waals surface area (Å²) in [5.41, 5.74) is 3.50. The van der Waals surface area contributed by atoms with E-state index in [2.05, 4.69) is 6.92 Å². The van der Waals surface area contributed by atoms with Gasteiger partial charge in [0.25, 0.3) is 5.91 Å². The Balaban J connectivity index is 1.66. The number of anilines is 1. The Morgan fingerprint density at radius 2 is 1.84 bits per heavy atom. The lowest BCUT2D eigenvalue weighted by Crippen LogP contribution is -2.30. The van der Waals surface area contributed by atoms with Crippen molar-refractivity contribution in [3.63, 3.8) is 0 Å². The minimum absolute atomic E-state index is 0.100. The quantitative estimate of drug-likeness (QED) is 0.257. The zero-order chi connectivity index (χ0) is 22.5. The minimum Gasteiger partial charge on any atom is -0.494 e. The van der Waals surface area contributed by atoms with E-state index >= 15 is 0 Å². The van der Waals surface area contributed by atoms with E-state index in [0.29, 0.717) is 28.9 Å². The lowest BCUT2D eigenvalue weighted by atomic mass is 10.1. The first kappa shape index (κ1) is 22.3. The van der Waals surface area contributed by atoms with Crippen molar-refractivity contribution in [1.82, 2.24) is 4.98 Å². The second kappa shape index (κ2) is 10.2. The molecule has 0 aliphatic heterocycles. The number of carbonyl (C=O) groups excluding carboxylic acids is 1. The molecule has 0 N–H and O–H groups in total. The maximum atomic E-state index is 13.6. The van der Waals surface area contributed by atoms with Crippen LogP contribution in [0.1, 0.15) is 41.3 Å². The predicted molar refractivity (Wildman–Crippen MR) is 133 cm³/mol. The van der Waals surface area contributed by atoms with Crippen molar-refractivity contribution in [1.29, 1.82) is 0 Å². The van der Waals surface area contributed by atoms with Crippen molar-refractivity contribution in [2.24, 2.45) is 0 Å². The largest absolute Gasteiger partial charge is 0.494 e. The second-order valence-electron chi connectivity index (χ2n) is 7.67. The number of benzene rings is 3. The fourth-order valence-electron chi connectivity index (χ4n) is 3.43. The molecule has 3 aromatic carbocycles. The molecule has 0 aliphatic rings. The molecule has 164 valence electrons. The molecule has 0 saturated heterocycles. The molecule has 1 heterocycles. The molecule has 0 spiro atoms. The molecular formula is C26H25ClN2O2S. The van der Waals surface area contributed by atoms with E-state index in [0.717, 1.165) is 39.9 Å². The molecule has 0 unspecified atom stereocenters. The number of unbranched alkanes of at least 4 members (excludes halogenated alkanes) is 1. The summed E-state index contributed by atoms with van der Waals surface area (Å²) in [6, 6.07) is 21.1. The number of fused-ring (bicyclic) bond motifs is 1. The monoisotopic (exact) mass is 464 g/mol. The van der Waals surface area contributed by atoms with Gasteiger partial charge >= 0.3 is 0 Å². The molecule has 4 rings (SSSR count). The maximum absolute atomic E-state index is 13.6. The van der Waals surface area contributed by atoms with Gasteiger partial charge in [-0.05, 0) is 60.9 Å². The average molecular weight is 465 g/mol.